The molecule has 1 aromatic rings. The van der Waals surface area contributed by atoms with Gasteiger partial charge in [-0.15, -0.1) is 0 Å². The van der Waals surface area contributed by atoms with E-state index in [9.17, 15) is 9.90 Å². The van der Waals surface area contributed by atoms with Crippen LogP contribution in [0.25, 0.3) is 0 Å². The topological polar surface area (TPSA) is 83.7 Å². The quantitative estimate of drug-likeness (QED) is 0.616. The summed E-state index contributed by atoms with van der Waals surface area (Å²) in [5.41, 5.74) is -0.510. The van der Waals surface area contributed by atoms with Crippen LogP contribution < -0.4 is 10.6 Å². The summed E-state index contributed by atoms with van der Waals surface area (Å²) < 4.78 is 10.4. The third kappa shape index (κ3) is 5.73. The van der Waals surface area contributed by atoms with Crippen LogP contribution in [0, 0.1) is 5.41 Å². The summed E-state index contributed by atoms with van der Waals surface area (Å²) in [6.45, 7) is 5.11. The van der Waals surface area contributed by atoms with Crippen molar-refractivity contribution in [1.29, 1.82) is 0 Å². The molecule has 6 nitrogen and oxygen atoms in total. The van der Waals surface area contributed by atoms with Crippen molar-refractivity contribution in [2.24, 2.45) is 5.41 Å². The maximum absolute atomic E-state index is 11.6. The maximum Gasteiger partial charge on any atom is 0.226 e. The van der Waals surface area contributed by atoms with Gasteiger partial charge in [0, 0.05) is 20.1 Å². The minimum absolute atomic E-state index is 0.0337. The molecule has 0 aliphatic rings. The van der Waals surface area contributed by atoms with E-state index in [1.54, 1.807) is 19.4 Å². The molecule has 0 bridgehead atoms. The van der Waals surface area contributed by atoms with E-state index in [0.29, 0.717) is 19.7 Å². The van der Waals surface area contributed by atoms with Crippen LogP contribution in [0.1, 0.15) is 19.6 Å². The summed E-state index contributed by atoms with van der Waals surface area (Å²) in [5, 5.41) is 15.4. The minimum Gasteiger partial charge on any atom is -0.467 e. The first-order valence-electron chi connectivity index (χ1n) is 6.67. The van der Waals surface area contributed by atoms with Crippen molar-refractivity contribution in [2.75, 3.05) is 26.7 Å². The highest BCUT2D eigenvalue weighted by Crippen LogP contribution is 2.12. The van der Waals surface area contributed by atoms with Crippen LogP contribution in [-0.2, 0) is 16.1 Å². The van der Waals surface area contributed by atoms with E-state index in [4.69, 9.17) is 9.15 Å². The second-order valence-corrected chi connectivity index (χ2v) is 5.34. The standard InChI is InChI=1S/C14H24N2O4/c1-14(2,13(18)15-3)10-16-7-11(17)8-19-9-12-5-4-6-20-12/h4-6,11,16-17H,7-10H2,1-3H3,(H,15,18). The number of rotatable bonds is 9. The van der Waals surface area contributed by atoms with Gasteiger partial charge in [-0.1, -0.05) is 0 Å². The van der Waals surface area contributed by atoms with Gasteiger partial charge < -0.3 is 24.9 Å². The van der Waals surface area contributed by atoms with Gasteiger partial charge in [0.25, 0.3) is 0 Å². The molecule has 0 aliphatic carbocycles. The van der Waals surface area contributed by atoms with E-state index in [1.165, 1.54) is 0 Å². The van der Waals surface area contributed by atoms with E-state index < -0.39 is 11.5 Å². The molecule has 0 fully saturated rings. The fourth-order valence-electron chi connectivity index (χ4n) is 1.72. The summed E-state index contributed by atoms with van der Waals surface area (Å²) in [5.74, 6) is 0.694. The van der Waals surface area contributed by atoms with Crippen molar-refractivity contribution in [1.82, 2.24) is 10.6 Å². The van der Waals surface area contributed by atoms with Crippen LogP contribution in [0.15, 0.2) is 22.8 Å². The Kier molecular flexibility index (Phi) is 6.70. The number of ether oxygens (including phenoxy) is 1. The van der Waals surface area contributed by atoms with Gasteiger partial charge in [0.05, 0.1) is 24.4 Å². The van der Waals surface area contributed by atoms with Crippen molar-refractivity contribution in [2.45, 2.75) is 26.6 Å². The summed E-state index contributed by atoms with van der Waals surface area (Å²) in [6, 6.07) is 3.61. The molecule has 114 valence electrons. The Morgan fingerprint density at radius 2 is 2.30 bits per heavy atom. The Labute approximate surface area is 119 Å². The normalized spacial score (nSPS) is 13.2. The van der Waals surface area contributed by atoms with Crippen LogP contribution >= 0.6 is 0 Å². The Morgan fingerprint density at radius 3 is 2.90 bits per heavy atom. The lowest BCUT2D eigenvalue weighted by Crippen LogP contribution is -2.44. The molecule has 1 atom stereocenters. The average molecular weight is 284 g/mol. The Hall–Kier alpha value is -1.37. The highest BCUT2D eigenvalue weighted by Gasteiger charge is 2.26. The lowest BCUT2D eigenvalue weighted by Gasteiger charge is -2.23. The molecule has 6 heteroatoms. The maximum atomic E-state index is 11.6. The molecule has 0 spiro atoms. The van der Waals surface area contributed by atoms with Crippen LogP contribution in [0.4, 0.5) is 0 Å². The molecule has 1 aromatic heterocycles. The van der Waals surface area contributed by atoms with Crippen LogP contribution in [0.2, 0.25) is 0 Å². The molecule has 0 saturated carbocycles. The van der Waals surface area contributed by atoms with Crippen LogP contribution in [-0.4, -0.2) is 43.9 Å². The molecule has 0 radical (unpaired) electrons. The third-order valence-electron chi connectivity index (χ3n) is 2.92. The second kappa shape index (κ2) is 8.04. The molecule has 0 aliphatic heterocycles. The number of carbonyl (C=O) groups excluding carboxylic acids is 1. The zero-order valence-corrected chi connectivity index (χ0v) is 12.3. The number of nitrogens with one attached hydrogen (secondary N) is 2. The number of hydrogen-bond acceptors (Lipinski definition) is 5. The van der Waals surface area contributed by atoms with Gasteiger partial charge in [0.1, 0.15) is 12.4 Å². The van der Waals surface area contributed by atoms with Crippen molar-refractivity contribution < 1.29 is 19.1 Å². The molecule has 0 saturated heterocycles. The van der Waals surface area contributed by atoms with Crippen molar-refractivity contribution in [3.8, 4) is 0 Å². The smallest absolute Gasteiger partial charge is 0.226 e. The lowest BCUT2D eigenvalue weighted by atomic mass is 9.92. The van der Waals surface area contributed by atoms with Crippen LogP contribution in [0.3, 0.4) is 0 Å². The highest BCUT2D eigenvalue weighted by atomic mass is 16.5. The predicted octanol–water partition coefficient (Wildman–Crippen LogP) is 0.519. The summed E-state index contributed by atoms with van der Waals surface area (Å²) >= 11 is 0. The Morgan fingerprint density at radius 1 is 1.55 bits per heavy atom. The SMILES string of the molecule is CNC(=O)C(C)(C)CNCC(O)COCc1ccco1. The number of aliphatic hydroxyl groups excluding tert-OH is 1. The molecular formula is C14H24N2O4. The molecule has 1 amide bonds. The van der Waals surface area contributed by atoms with Crippen molar-refractivity contribution >= 4 is 5.91 Å². The first kappa shape index (κ1) is 16.7. The second-order valence-electron chi connectivity index (χ2n) is 5.34. The first-order valence-corrected chi connectivity index (χ1v) is 6.67. The molecule has 3 N–H and O–H groups in total. The van der Waals surface area contributed by atoms with Gasteiger partial charge in [-0.2, -0.15) is 0 Å². The number of carbonyl (C=O) groups is 1. The number of amides is 1. The van der Waals surface area contributed by atoms with Gasteiger partial charge in [0.2, 0.25) is 5.91 Å². The molecule has 1 unspecified atom stereocenters. The fourth-order valence-corrected chi connectivity index (χ4v) is 1.72. The monoisotopic (exact) mass is 284 g/mol. The lowest BCUT2D eigenvalue weighted by molar-refractivity contribution is -0.128. The van der Waals surface area contributed by atoms with Crippen LogP contribution in [0.5, 0.6) is 0 Å². The molecule has 0 aromatic carbocycles. The van der Waals surface area contributed by atoms with E-state index >= 15 is 0 Å². The number of aliphatic hydroxyl groups is 1. The zero-order chi connectivity index (χ0) is 15.0. The summed E-state index contributed by atoms with van der Waals surface area (Å²) in [7, 11) is 1.61. The summed E-state index contributed by atoms with van der Waals surface area (Å²) in [6.07, 6.45) is 0.961. The first-order chi connectivity index (χ1) is 9.45. The fraction of sp³-hybridized carbons (Fsp3) is 0.643. The minimum atomic E-state index is -0.620. The molecule has 1 heterocycles. The molecule has 1 rings (SSSR count). The van der Waals surface area contributed by atoms with Gasteiger partial charge in [-0.3, -0.25) is 4.79 Å². The highest BCUT2D eigenvalue weighted by molar-refractivity contribution is 5.81. The van der Waals surface area contributed by atoms with Gasteiger partial charge in [-0.25, -0.2) is 0 Å². The molecular weight excluding hydrogens is 260 g/mol. The third-order valence-corrected chi connectivity index (χ3v) is 2.92. The number of hydrogen-bond donors (Lipinski definition) is 3. The van der Waals surface area contributed by atoms with E-state index in [2.05, 4.69) is 10.6 Å². The van der Waals surface area contributed by atoms with Gasteiger partial charge in [0.15, 0.2) is 0 Å². The summed E-state index contributed by atoms with van der Waals surface area (Å²) in [4.78, 5) is 11.6. The number of furan rings is 1. The van der Waals surface area contributed by atoms with Gasteiger partial charge >= 0.3 is 0 Å². The average Bonchev–Trinajstić information content (AvgIpc) is 2.90. The van der Waals surface area contributed by atoms with E-state index in [-0.39, 0.29) is 12.5 Å². The predicted molar refractivity (Wildman–Crippen MR) is 75.1 cm³/mol. The van der Waals surface area contributed by atoms with Crippen molar-refractivity contribution in [3.05, 3.63) is 24.2 Å². The van der Waals surface area contributed by atoms with E-state index in [1.807, 2.05) is 19.9 Å². The Balaban J connectivity index is 2.13. The van der Waals surface area contributed by atoms with Gasteiger partial charge in [-0.05, 0) is 26.0 Å². The van der Waals surface area contributed by atoms with E-state index in [0.717, 1.165) is 5.76 Å². The Bertz CT molecular complexity index is 390. The largest absolute Gasteiger partial charge is 0.467 e. The molecule has 20 heavy (non-hydrogen) atoms. The zero-order valence-electron chi connectivity index (χ0n) is 12.3. The van der Waals surface area contributed by atoms with Crippen molar-refractivity contribution in [3.63, 3.8) is 0 Å².